The summed E-state index contributed by atoms with van der Waals surface area (Å²) in [5.41, 5.74) is 0.686. The highest BCUT2D eigenvalue weighted by Crippen LogP contribution is 2.44. The van der Waals surface area contributed by atoms with E-state index >= 15 is 0 Å². The number of aliphatic hydroxyl groups is 1. The summed E-state index contributed by atoms with van der Waals surface area (Å²) in [4.78, 5) is 11.9. The Morgan fingerprint density at radius 3 is 2.61 bits per heavy atom. The summed E-state index contributed by atoms with van der Waals surface area (Å²) in [5.74, 6) is -0.828. The van der Waals surface area contributed by atoms with Crippen molar-refractivity contribution < 1.29 is 23.1 Å². The molecule has 124 valence electrons. The number of methoxy groups -OCH3 is 1. The van der Waals surface area contributed by atoms with Crippen LogP contribution in [-0.4, -0.2) is 48.6 Å². The van der Waals surface area contributed by atoms with Gasteiger partial charge in [-0.1, -0.05) is 17.7 Å². The number of sulfonamides is 1. The highest BCUT2D eigenvalue weighted by Gasteiger charge is 2.49. The lowest BCUT2D eigenvalue weighted by Crippen LogP contribution is -2.50. The first-order chi connectivity index (χ1) is 10.7. The fourth-order valence-electron chi connectivity index (χ4n) is 3.06. The second-order valence-corrected chi connectivity index (χ2v) is 7.68. The average Bonchev–Trinajstić information content (AvgIpc) is 2.81. The summed E-state index contributed by atoms with van der Waals surface area (Å²) < 4.78 is 32.8. The van der Waals surface area contributed by atoms with Crippen LogP contribution >= 0.6 is 11.6 Å². The van der Waals surface area contributed by atoms with E-state index in [9.17, 15) is 18.3 Å². The molecule has 23 heavy (non-hydrogen) atoms. The van der Waals surface area contributed by atoms with Crippen molar-refractivity contribution in [3.8, 4) is 0 Å². The van der Waals surface area contributed by atoms with Crippen LogP contribution in [0.4, 0.5) is 0 Å². The van der Waals surface area contributed by atoms with Gasteiger partial charge in [-0.25, -0.2) is 8.42 Å². The quantitative estimate of drug-likeness (QED) is 0.769. The largest absolute Gasteiger partial charge is 0.468 e. The maximum absolute atomic E-state index is 12.9. The number of benzene rings is 1. The predicted molar refractivity (Wildman–Crippen MR) is 83.6 cm³/mol. The molecule has 2 heterocycles. The third kappa shape index (κ3) is 2.02. The van der Waals surface area contributed by atoms with Crippen LogP contribution in [0.2, 0.25) is 5.02 Å². The maximum atomic E-state index is 12.9. The van der Waals surface area contributed by atoms with Crippen molar-refractivity contribution in [1.29, 1.82) is 0 Å². The lowest BCUT2D eigenvalue weighted by Gasteiger charge is -2.34. The van der Waals surface area contributed by atoms with Crippen LogP contribution in [0.15, 0.2) is 23.1 Å². The molecule has 0 aliphatic carbocycles. The Hall–Kier alpha value is -1.61. The molecule has 2 aromatic rings. The summed E-state index contributed by atoms with van der Waals surface area (Å²) >= 11 is 6.19. The molecule has 9 heteroatoms. The molecule has 0 saturated heterocycles. The number of fused-ring (bicyclic) bond motifs is 3. The molecule has 1 N–H and O–H groups in total. The van der Waals surface area contributed by atoms with E-state index in [2.05, 4.69) is 4.74 Å². The van der Waals surface area contributed by atoms with E-state index in [1.165, 1.54) is 7.05 Å². The Bertz CT molecular complexity index is 921. The van der Waals surface area contributed by atoms with Gasteiger partial charge in [-0.15, -0.1) is 0 Å². The normalized spacial score (nSPS) is 23.7. The van der Waals surface area contributed by atoms with Gasteiger partial charge in [0.05, 0.1) is 23.3 Å². The number of aliphatic hydroxyl groups excluding tert-OH is 1. The second-order valence-electron chi connectivity index (χ2n) is 5.34. The summed E-state index contributed by atoms with van der Waals surface area (Å²) in [6.07, 6.45) is -1.36. The first kappa shape index (κ1) is 16.3. The Morgan fingerprint density at radius 1 is 1.35 bits per heavy atom. The van der Waals surface area contributed by atoms with Gasteiger partial charge in [0.1, 0.15) is 11.0 Å². The number of likely N-dealkylation sites (N-methyl/N-ethyl adjacent to an activating group) is 1. The topological polar surface area (TPSA) is 88.8 Å². The van der Waals surface area contributed by atoms with Crippen LogP contribution in [0, 0.1) is 0 Å². The van der Waals surface area contributed by atoms with Crippen molar-refractivity contribution in [2.24, 2.45) is 7.05 Å². The van der Waals surface area contributed by atoms with E-state index in [4.69, 9.17) is 11.6 Å². The molecule has 1 aromatic carbocycles. The zero-order chi connectivity index (χ0) is 17.1. The van der Waals surface area contributed by atoms with E-state index in [1.54, 1.807) is 29.8 Å². The number of nitrogens with zero attached hydrogens (tertiary/aromatic N) is 2. The summed E-state index contributed by atoms with van der Waals surface area (Å²) in [5, 5.41) is 11.2. The smallest absolute Gasteiger partial charge is 0.327 e. The Morgan fingerprint density at radius 2 is 2.00 bits per heavy atom. The molecule has 1 aliphatic heterocycles. The minimum atomic E-state index is -4.02. The van der Waals surface area contributed by atoms with Crippen LogP contribution in [0.1, 0.15) is 11.8 Å². The fraction of sp³-hybridized carbons (Fsp3) is 0.357. The van der Waals surface area contributed by atoms with Gasteiger partial charge in [0.25, 0.3) is 0 Å². The van der Waals surface area contributed by atoms with Crippen LogP contribution in [-0.2, 0) is 26.6 Å². The van der Waals surface area contributed by atoms with Gasteiger partial charge in [-0.05, 0) is 12.1 Å². The highest BCUT2D eigenvalue weighted by molar-refractivity contribution is 7.89. The Labute approximate surface area is 138 Å². The molecular formula is C14H15ClN2O5S. The molecule has 0 bridgehead atoms. The first-order valence-electron chi connectivity index (χ1n) is 6.74. The number of esters is 1. The number of aromatic nitrogens is 1. The number of aryl methyl sites for hydroxylation is 1. The average molecular weight is 359 g/mol. The van der Waals surface area contributed by atoms with Crippen LogP contribution in [0.5, 0.6) is 0 Å². The minimum absolute atomic E-state index is 0.0734. The highest BCUT2D eigenvalue weighted by atomic mass is 35.5. The van der Waals surface area contributed by atoms with E-state index < -0.39 is 28.1 Å². The number of ether oxygens (including phenoxy) is 1. The first-order valence-corrected chi connectivity index (χ1v) is 8.56. The number of rotatable bonds is 1. The van der Waals surface area contributed by atoms with Crippen molar-refractivity contribution >= 4 is 38.5 Å². The van der Waals surface area contributed by atoms with Crippen LogP contribution in [0.25, 0.3) is 10.9 Å². The summed E-state index contributed by atoms with van der Waals surface area (Å²) in [6, 6.07) is 3.63. The van der Waals surface area contributed by atoms with Gasteiger partial charge in [-0.2, -0.15) is 4.31 Å². The number of carbonyl (C=O) groups excluding carboxylic acids is 1. The predicted octanol–water partition coefficient (Wildman–Crippen LogP) is 1.04. The third-order valence-corrected chi connectivity index (χ3v) is 6.45. The number of halogens is 1. The van der Waals surface area contributed by atoms with Gasteiger partial charge in [0.2, 0.25) is 10.0 Å². The summed E-state index contributed by atoms with van der Waals surface area (Å²) in [6.45, 7) is 0. The van der Waals surface area contributed by atoms with Crippen molar-refractivity contribution in [1.82, 2.24) is 8.87 Å². The van der Waals surface area contributed by atoms with E-state index in [1.807, 2.05) is 0 Å². The molecule has 0 radical (unpaired) electrons. The number of hydrogen-bond acceptors (Lipinski definition) is 5. The molecule has 3 rings (SSSR count). The van der Waals surface area contributed by atoms with E-state index in [0.29, 0.717) is 10.9 Å². The zero-order valence-corrected chi connectivity index (χ0v) is 14.2. The second kappa shape index (κ2) is 5.20. The van der Waals surface area contributed by atoms with Crippen molar-refractivity contribution in [2.75, 3.05) is 14.2 Å². The molecular weight excluding hydrogens is 344 g/mol. The number of hydrogen-bond donors (Lipinski definition) is 1. The van der Waals surface area contributed by atoms with Crippen LogP contribution in [0.3, 0.4) is 0 Å². The lowest BCUT2D eigenvalue weighted by atomic mass is 10.1. The Balaban J connectivity index is 2.45. The molecule has 0 fully saturated rings. The molecule has 2 atom stereocenters. The SMILES string of the molecule is COC(=O)C1C(O)c2c(c3c(Cl)cccc3n2C)S(=O)(=O)N1C. The fourth-order valence-corrected chi connectivity index (χ4v) is 5.16. The molecule has 0 spiro atoms. The minimum Gasteiger partial charge on any atom is -0.468 e. The maximum Gasteiger partial charge on any atom is 0.327 e. The van der Waals surface area contributed by atoms with Gasteiger partial charge >= 0.3 is 5.97 Å². The van der Waals surface area contributed by atoms with Gasteiger partial charge in [0, 0.05) is 19.5 Å². The van der Waals surface area contributed by atoms with Crippen molar-refractivity contribution in [3.05, 3.63) is 28.9 Å². The zero-order valence-electron chi connectivity index (χ0n) is 12.6. The molecule has 0 amide bonds. The Kier molecular flexibility index (Phi) is 3.68. The molecule has 1 aliphatic rings. The molecule has 1 aromatic heterocycles. The third-order valence-electron chi connectivity index (χ3n) is 4.22. The molecule has 2 unspecified atom stereocenters. The van der Waals surface area contributed by atoms with Gasteiger partial charge in [0.15, 0.2) is 6.04 Å². The van der Waals surface area contributed by atoms with Crippen LogP contribution < -0.4 is 0 Å². The van der Waals surface area contributed by atoms with E-state index in [0.717, 1.165) is 11.4 Å². The van der Waals surface area contributed by atoms with Crippen molar-refractivity contribution in [2.45, 2.75) is 17.0 Å². The number of carbonyl (C=O) groups is 1. The lowest BCUT2D eigenvalue weighted by molar-refractivity contribution is -0.149. The summed E-state index contributed by atoms with van der Waals surface area (Å²) in [7, 11) is -0.0209. The van der Waals surface area contributed by atoms with Gasteiger partial charge < -0.3 is 14.4 Å². The molecule has 0 saturated carbocycles. The standard InChI is InChI=1S/C14H15ClN2O5S/c1-16-8-6-4-5-7(15)9(8)13-10(16)12(18)11(14(19)22-3)17(2)23(13,20)21/h4-6,11-12,18H,1-3H3. The van der Waals surface area contributed by atoms with E-state index in [-0.39, 0.29) is 15.6 Å². The van der Waals surface area contributed by atoms with Gasteiger partial charge in [-0.3, -0.25) is 4.79 Å². The van der Waals surface area contributed by atoms with Crippen molar-refractivity contribution in [3.63, 3.8) is 0 Å². The monoisotopic (exact) mass is 358 g/mol. The molecule has 7 nitrogen and oxygen atoms in total.